The third-order valence-electron chi connectivity index (χ3n) is 8.52. The van der Waals surface area contributed by atoms with Gasteiger partial charge in [0, 0.05) is 30.5 Å². The van der Waals surface area contributed by atoms with E-state index in [2.05, 4.69) is 32.1 Å². The first kappa shape index (κ1) is 35.5. The second-order valence-electron chi connectivity index (χ2n) is 12.3. The zero-order chi connectivity index (χ0) is 34.0. The average molecular weight is 718 g/mol. The van der Waals surface area contributed by atoms with Crippen LogP contribution in [0, 0.1) is 11.8 Å². The highest BCUT2D eigenvalue weighted by Crippen LogP contribution is 2.40. The summed E-state index contributed by atoms with van der Waals surface area (Å²) in [6.45, 7) is 0.956. The normalized spacial score (nSPS) is 20.5. The number of benzene rings is 2. The first-order valence-corrected chi connectivity index (χ1v) is 20.5. The van der Waals surface area contributed by atoms with Crippen LogP contribution in [0.1, 0.15) is 36.1 Å². The van der Waals surface area contributed by atoms with E-state index in [4.69, 9.17) is 0 Å². The van der Waals surface area contributed by atoms with Gasteiger partial charge in [-0.25, -0.2) is 8.42 Å². The number of nitrogens with zero attached hydrogens (tertiary/aromatic N) is 1. The number of nitrogens with one attached hydrogen (secondary N) is 2. The van der Waals surface area contributed by atoms with E-state index in [-0.39, 0.29) is 46.0 Å². The van der Waals surface area contributed by atoms with Crippen molar-refractivity contribution >= 4 is 55.1 Å². The lowest BCUT2D eigenvalue weighted by Crippen LogP contribution is -2.48. The summed E-state index contributed by atoms with van der Waals surface area (Å²) >= 11 is 1.18. The molecule has 2 heterocycles. The summed E-state index contributed by atoms with van der Waals surface area (Å²) in [5.41, 5.74) is 1.02. The molecule has 2 fully saturated rings. The van der Waals surface area contributed by atoms with Crippen LogP contribution in [-0.2, 0) is 20.8 Å². The molecule has 0 atom stereocenters. The van der Waals surface area contributed by atoms with E-state index in [9.17, 15) is 34.9 Å². The van der Waals surface area contributed by atoms with Crippen molar-refractivity contribution in [3.05, 3.63) is 46.8 Å². The van der Waals surface area contributed by atoms with Gasteiger partial charge >= 0.3 is 12.8 Å². The second-order valence-corrected chi connectivity index (χ2v) is 18.8. The van der Waals surface area contributed by atoms with Gasteiger partial charge in [-0.1, -0.05) is 24.0 Å². The predicted molar refractivity (Wildman–Crippen MR) is 179 cm³/mol. The highest BCUT2D eigenvalue weighted by molar-refractivity contribution is 7.91. The van der Waals surface area contributed by atoms with Crippen LogP contribution in [-0.4, -0.2) is 82.7 Å². The van der Waals surface area contributed by atoms with Crippen LogP contribution in [0.2, 0.25) is 0 Å². The van der Waals surface area contributed by atoms with Crippen molar-refractivity contribution in [2.75, 3.05) is 55.1 Å². The van der Waals surface area contributed by atoms with Crippen molar-refractivity contribution in [3.63, 3.8) is 0 Å². The summed E-state index contributed by atoms with van der Waals surface area (Å²) in [4.78, 5) is 2.53. The minimum Gasteiger partial charge on any atom is -0.433 e. The molecule has 1 saturated carbocycles. The zero-order valence-electron chi connectivity index (χ0n) is 26.0. The summed E-state index contributed by atoms with van der Waals surface area (Å²) in [5.74, 6) is 5.88. The van der Waals surface area contributed by atoms with Crippen molar-refractivity contribution in [2.45, 2.75) is 57.0 Å². The number of hydrogen-bond acceptors (Lipinski definition) is 8. The Kier molecular flexibility index (Phi) is 10.8. The van der Waals surface area contributed by atoms with E-state index in [1.807, 2.05) is 6.07 Å². The fourth-order valence-electron chi connectivity index (χ4n) is 6.11. The molecule has 0 unspecified atom stereocenters. The molecule has 3 aromatic rings. The van der Waals surface area contributed by atoms with Crippen molar-refractivity contribution in [1.82, 2.24) is 4.90 Å². The lowest BCUT2D eigenvalue weighted by atomic mass is 9.90. The average Bonchev–Trinajstić information content (AvgIpc) is 3.32. The van der Waals surface area contributed by atoms with Crippen LogP contribution in [0.4, 0.5) is 33.3 Å². The molecular weight excluding hydrogens is 680 g/mol. The Morgan fingerprint density at radius 2 is 1.77 bits per heavy atom. The number of thiophene rings is 1. The van der Waals surface area contributed by atoms with Gasteiger partial charge in [0.15, 0.2) is 9.84 Å². The standard InChI is InChI=1S/C32H37F5N3O4PS2/c1-45(2,41)23-12-13-26(28(19-23)44-31(33)34)38-14-4-7-29-25(20-32(35,36)37)24-5-3-6-27(30(24)46-29)39-21-8-10-22(11-9-21)40-15-17-47(42,43)18-16-40/h3,5-6,12-13,19,21-22,31,38-39H,8-11,14-18,20H2,1-2H3. The number of sulfone groups is 1. The molecule has 256 valence electrons. The molecule has 2 N–H and O–H groups in total. The first-order valence-electron chi connectivity index (χ1n) is 15.3. The third-order valence-corrected chi connectivity index (χ3v) is 12.8. The van der Waals surface area contributed by atoms with E-state index in [1.54, 1.807) is 18.2 Å². The molecule has 0 radical (unpaired) electrons. The van der Waals surface area contributed by atoms with Gasteiger partial charge in [0.05, 0.1) is 45.4 Å². The van der Waals surface area contributed by atoms with Gasteiger partial charge in [-0.3, -0.25) is 4.90 Å². The second kappa shape index (κ2) is 14.3. The lowest BCUT2D eigenvalue weighted by molar-refractivity contribution is -0.127. The summed E-state index contributed by atoms with van der Waals surface area (Å²) in [6, 6.07) is 10.0. The number of halogens is 5. The minimum atomic E-state index is -4.46. The van der Waals surface area contributed by atoms with Gasteiger partial charge in [-0.05, 0) is 74.2 Å². The third kappa shape index (κ3) is 9.40. The summed E-state index contributed by atoms with van der Waals surface area (Å²) < 4.78 is 109. The SMILES string of the molecule is CP(C)(=O)c1ccc(NCC#Cc2sc3c(NC4CCC(N5CCS(=O)(=O)CC5)CC4)cccc3c2CC(F)(F)F)c(OC(F)F)c1. The summed E-state index contributed by atoms with van der Waals surface area (Å²) in [5, 5.41) is 7.27. The Morgan fingerprint density at radius 3 is 2.40 bits per heavy atom. The zero-order valence-corrected chi connectivity index (χ0v) is 28.5. The smallest absolute Gasteiger partial charge is 0.393 e. The fourth-order valence-corrected chi connectivity index (χ4v) is 9.37. The van der Waals surface area contributed by atoms with E-state index >= 15 is 0 Å². The van der Waals surface area contributed by atoms with Crippen LogP contribution in [0.15, 0.2) is 36.4 Å². The highest BCUT2D eigenvalue weighted by atomic mass is 32.2. The van der Waals surface area contributed by atoms with Crippen molar-refractivity contribution in [1.29, 1.82) is 0 Å². The molecule has 47 heavy (non-hydrogen) atoms. The Hall–Kier alpha value is -2.85. The maximum absolute atomic E-state index is 13.7. The van der Waals surface area contributed by atoms with Crippen LogP contribution < -0.4 is 20.7 Å². The molecule has 1 aliphatic carbocycles. The van der Waals surface area contributed by atoms with Crippen LogP contribution in [0.25, 0.3) is 10.1 Å². The summed E-state index contributed by atoms with van der Waals surface area (Å²) in [7, 11) is -5.69. The molecule has 0 spiro atoms. The topological polar surface area (TPSA) is 87.7 Å². The molecule has 1 saturated heterocycles. The van der Waals surface area contributed by atoms with Gasteiger partial charge < -0.3 is 19.9 Å². The number of fused-ring (bicyclic) bond motifs is 1. The van der Waals surface area contributed by atoms with Crippen LogP contribution in [0.3, 0.4) is 0 Å². The number of ether oxygens (including phenoxy) is 1. The van der Waals surface area contributed by atoms with Crippen LogP contribution in [0.5, 0.6) is 5.75 Å². The van der Waals surface area contributed by atoms with Crippen LogP contribution >= 0.6 is 18.5 Å². The molecule has 5 rings (SSSR count). The lowest BCUT2D eigenvalue weighted by Gasteiger charge is -2.39. The molecule has 0 amide bonds. The van der Waals surface area contributed by atoms with Gasteiger partial charge in [-0.2, -0.15) is 22.0 Å². The van der Waals surface area contributed by atoms with Gasteiger partial charge in [0.2, 0.25) is 0 Å². The molecule has 15 heteroatoms. The maximum Gasteiger partial charge on any atom is 0.393 e. The van der Waals surface area contributed by atoms with Crippen molar-refractivity contribution in [3.8, 4) is 17.6 Å². The molecular formula is C32H37F5N3O4PS2. The molecule has 7 nitrogen and oxygen atoms in total. The van der Waals surface area contributed by atoms with Gasteiger partial charge in [-0.15, -0.1) is 11.3 Å². The van der Waals surface area contributed by atoms with Gasteiger partial charge in [0.1, 0.15) is 12.9 Å². The quantitative estimate of drug-likeness (QED) is 0.144. The monoisotopic (exact) mass is 717 g/mol. The minimum absolute atomic E-state index is 0.0636. The molecule has 0 bridgehead atoms. The number of anilines is 2. The largest absolute Gasteiger partial charge is 0.433 e. The number of rotatable bonds is 9. The number of hydrogen-bond donors (Lipinski definition) is 2. The number of alkyl halides is 5. The summed E-state index contributed by atoms with van der Waals surface area (Å²) in [6.07, 6.45) is -2.08. The Labute approximate surface area is 275 Å². The maximum atomic E-state index is 13.7. The van der Waals surface area contributed by atoms with E-state index in [1.165, 1.54) is 36.8 Å². The van der Waals surface area contributed by atoms with E-state index in [0.29, 0.717) is 34.5 Å². The van der Waals surface area contributed by atoms with Gasteiger partial charge in [0.25, 0.3) is 0 Å². The highest BCUT2D eigenvalue weighted by Gasteiger charge is 2.32. The Balaban J connectivity index is 1.32. The predicted octanol–water partition coefficient (Wildman–Crippen LogP) is 6.77. The molecule has 1 aromatic heterocycles. The molecule has 1 aliphatic heterocycles. The van der Waals surface area contributed by atoms with E-state index in [0.717, 1.165) is 31.4 Å². The molecule has 2 aliphatic rings. The molecule has 2 aromatic carbocycles. The first-order chi connectivity index (χ1) is 22.1. The van der Waals surface area contributed by atoms with Crippen molar-refractivity contribution < 1.29 is 39.7 Å². The Bertz CT molecular complexity index is 1790. The Morgan fingerprint density at radius 1 is 1.06 bits per heavy atom. The van der Waals surface area contributed by atoms with E-state index < -0.39 is 36.2 Å². The van der Waals surface area contributed by atoms with Crippen molar-refractivity contribution in [2.24, 2.45) is 0 Å². The fraction of sp³-hybridized carbons (Fsp3) is 0.500.